The van der Waals surface area contributed by atoms with Crippen molar-refractivity contribution in [1.29, 1.82) is 0 Å². The zero-order valence-electron chi connectivity index (χ0n) is 15.8. The smallest absolute Gasteiger partial charge is 0.244 e. The molecule has 24 heavy (non-hydrogen) atoms. The molecule has 0 fully saturated rings. The normalized spacial score (nSPS) is 14.3. The summed E-state index contributed by atoms with van der Waals surface area (Å²) in [5, 5.41) is 2.94. The molecule has 0 aliphatic rings. The molecule has 0 saturated carbocycles. The number of nitrogens with one attached hydrogen (secondary N) is 1. The summed E-state index contributed by atoms with van der Waals surface area (Å²) in [6.45, 7) is 11.6. The lowest BCUT2D eigenvalue weighted by molar-refractivity contribution is -0.123. The molecule has 0 aliphatic heterocycles. The number of hydrogen-bond donors (Lipinski definition) is 1. The van der Waals surface area contributed by atoms with E-state index >= 15 is 0 Å². The van der Waals surface area contributed by atoms with Gasteiger partial charge in [0, 0.05) is 6.04 Å². The van der Waals surface area contributed by atoms with E-state index in [1.807, 2.05) is 47.6 Å². The minimum Gasteiger partial charge on any atom is -0.352 e. The molecule has 1 rings (SSSR count). The van der Waals surface area contributed by atoms with Crippen molar-refractivity contribution in [1.82, 2.24) is 5.32 Å². The van der Waals surface area contributed by atoms with Gasteiger partial charge in [-0.1, -0.05) is 26.8 Å². The van der Waals surface area contributed by atoms with Gasteiger partial charge in [0.05, 0.1) is 11.9 Å². The number of aryl methyl sites for hydroxylation is 2. The first kappa shape index (κ1) is 20.5. The summed E-state index contributed by atoms with van der Waals surface area (Å²) in [5.74, 6) is 0.0163. The number of sulfonamides is 1. The van der Waals surface area contributed by atoms with Gasteiger partial charge in [-0.2, -0.15) is 0 Å². The van der Waals surface area contributed by atoms with Crippen LogP contribution in [0, 0.1) is 19.8 Å². The maximum atomic E-state index is 12.7. The summed E-state index contributed by atoms with van der Waals surface area (Å²) in [6, 6.07) is 4.80. The molecule has 0 saturated heterocycles. The van der Waals surface area contributed by atoms with Crippen LogP contribution in [0.25, 0.3) is 0 Å². The van der Waals surface area contributed by atoms with Crippen LogP contribution >= 0.6 is 0 Å². The lowest BCUT2D eigenvalue weighted by Gasteiger charge is -2.32. The largest absolute Gasteiger partial charge is 0.352 e. The van der Waals surface area contributed by atoms with E-state index in [9.17, 15) is 13.2 Å². The highest BCUT2D eigenvalue weighted by Gasteiger charge is 2.32. The first-order valence-corrected chi connectivity index (χ1v) is 10.2. The molecule has 2 atom stereocenters. The van der Waals surface area contributed by atoms with Gasteiger partial charge >= 0.3 is 0 Å². The van der Waals surface area contributed by atoms with Gasteiger partial charge < -0.3 is 5.32 Å². The molecule has 0 heterocycles. The molecular weight excluding hydrogens is 324 g/mol. The molecule has 0 aliphatic carbocycles. The zero-order chi connectivity index (χ0) is 18.7. The minimum atomic E-state index is -3.59. The van der Waals surface area contributed by atoms with Crippen molar-refractivity contribution in [2.45, 2.75) is 60.0 Å². The van der Waals surface area contributed by atoms with E-state index in [0.717, 1.165) is 17.4 Å². The molecule has 0 aromatic heterocycles. The molecule has 1 aromatic carbocycles. The van der Waals surface area contributed by atoms with Gasteiger partial charge in [0.25, 0.3) is 0 Å². The van der Waals surface area contributed by atoms with Crippen LogP contribution in [-0.4, -0.2) is 32.7 Å². The molecule has 1 aromatic rings. The molecule has 136 valence electrons. The van der Waals surface area contributed by atoms with Crippen LogP contribution in [0.3, 0.4) is 0 Å². The monoisotopic (exact) mass is 354 g/mol. The molecular formula is C18H30N2O3S. The van der Waals surface area contributed by atoms with Gasteiger partial charge in [-0.05, 0) is 56.4 Å². The van der Waals surface area contributed by atoms with Gasteiger partial charge in [-0.25, -0.2) is 8.42 Å². The highest BCUT2D eigenvalue weighted by molar-refractivity contribution is 7.92. The third-order valence-electron chi connectivity index (χ3n) is 4.16. The van der Waals surface area contributed by atoms with E-state index in [1.165, 1.54) is 4.31 Å². The van der Waals surface area contributed by atoms with Crippen LogP contribution in [0.5, 0.6) is 0 Å². The Kier molecular flexibility index (Phi) is 6.84. The Morgan fingerprint density at radius 1 is 1.12 bits per heavy atom. The lowest BCUT2D eigenvalue weighted by atomic mass is 10.1. The Hall–Kier alpha value is -1.56. The molecule has 0 spiro atoms. The standard InChI is InChI=1S/C18H30N2O3S/c1-8-17(18(21)19-15(6)12(2)3)20(24(7,22)23)16-10-13(4)9-14(5)11-16/h9-12,15,17H,8H2,1-7H3,(H,19,21)/t15-,17-/m0/s1. The van der Waals surface area contributed by atoms with Crippen molar-refractivity contribution in [3.05, 3.63) is 29.3 Å². The maximum Gasteiger partial charge on any atom is 0.244 e. The predicted octanol–water partition coefficient (Wildman–Crippen LogP) is 3.01. The van der Waals surface area contributed by atoms with Crippen LogP contribution in [0.2, 0.25) is 0 Å². The number of anilines is 1. The first-order chi connectivity index (χ1) is 11.0. The van der Waals surface area contributed by atoms with Crippen LogP contribution in [0.4, 0.5) is 5.69 Å². The zero-order valence-corrected chi connectivity index (χ0v) is 16.6. The topological polar surface area (TPSA) is 66.5 Å². The minimum absolute atomic E-state index is 0.0211. The first-order valence-electron chi connectivity index (χ1n) is 8.35. The van der Waals surface area contributed by atoms with Gasteiger partial charge in [-0.3, -0.25) is 9.10 Å². The number of hydrogen-bond acceptors (Lipinski definition) is 3. The number of carbonyl (C=O) groups excluding carboxylic acids is 1. The summed E-state index contributed by atoms with van der Waals surface area (Å²) in [4.78, 5) is 12.7. The quantitative estimate of drug-likeness (QED) is 0.818. The summed E-state index contributed by atoms with van der Waals surface area (Å²) < 4.78 is 26.1. The Morgan fingerprint density at radius 3 is 2.00 bits per heavy atom. The van der Waals surface area contributed by atoms with Crippen molar-refractivity contribution in [2.75, 3.05) is 10.6 Å². The van der Waals surface area contributed by atoms with Crippen molar-refractivity contribution < 1.29 is 13.2 Å². The van der Waals surface area contributed by atoms with Crippen molar-refractivity contribution in [3.8, 4) is 0 Å². The Balaban J connectivity index is 3.30. The van der Waals surface area contributed by atoms with Gasteiger partial charge in [0.15, 0.2) is 0 Å². The fourth-order valence-electron chi connectivity index (χ4n) is 2.63. The number of rotatable bonds is 7. The fraction of sp³-hybridized carbons (Fsp3) is 0.611. The second-order valence-corrected chi connectivity index (χ2v) is 8.73. The number of amides is 1. The van der Waals surface area contributed by atoms with Crippen LogP contribution in [-0.2, 0) is 14.8 Å². The van der Waals surface area contributed by atoms with Gasteiger partial charge in [0.2, 0.25) is 15.9 Å². The van der Waals surface area contributed by atoms with Crippen molar-refractivity contribution in [3.63, 3.8) is 0 Å². The van der Waals surface area contributed by atoms with Crippen LogP contribution in [0.1, 0.15) is 45.2 Å². The fourth-order valence-corrected chi connectivity index (χ4v) is 3.82. The van der Waals surface area contributed by atoms with E-state index in [2.05, 4.69) is 5.32 Å². The molecule has 1 amide bonds. The van der Waals surface area contributed by atoms with Crippen molar-refractivity contribution >= 4 is 21.6 Å². The number of nitrogens with zero attached hydrogens (tertiary/aromatic N) is 1. The van der Waals surface area contributed by atoms with Gasteiger partial charge in [0.1, 0.15) is 6.04 Å². The highest BCUT2D eigenvalue weighted by Crippen LogP contribution is 2.25. The van der Waals surface area contributed by atoms with E-state index in [4.69, 9.17) is 0 Å². The Labute approximate surface area is 146 Å². The third kappa shape index (κ3) is 5.23. The second-order valence-electron chi connectivity index (χ2n) is 6.87. The summed E-state index contributed by atoms with van der Waals surface area (Å²) in [5.41, 5.74) is 2.46. The third-order valence-corrected chi connectivity index (χ3v) is 5.34. The molecule has 0 bridgehead atoms. The molecule has 0 unspecified atom stereocenters. The maximum absolute atomic E-state index is 12.7. The van der Waals surface area contributed by atoms with E-state index < -0.39 is 16.1 Å². The predicted molar refractivity (Wildman–Crippen MR) is 99.8 cm³/mol. The van der Waals surface area contributed by atoms with Crippen molar-refractivity contribution in [2.24, 2.45) is 5.92 Å². The summed E-state index contributed by atoms with van der Waals surface area (Å²) in [6.07, 6.45) is 1.54. The Bertz CT molecular complexity index is 663. The average molecular weight is 355 g/mol. The number of benzene rings is 1. The molecule has 5 nitrogen and oxygen atoms in total. The van der Waals surface area contributed by atoms with E-state index in [-0.39, 0.29) is 17.9 Å². The van der Waals surface area contributed by atoms with Crippen LogP contribution < -0.4 is 9.62 Å². The Morgan fingerprint density at radius 2 is 1.62 bits per heavy atom. The second kappa shape index (κ2) is 8.01. The molecule has 6 heteroatoms. The number of carbonyl (C=O) groups is 1. The molecule has 1 N–H and O–H groups in total. The van der Waals surface area contributed by atoms with E-state index in [0.29, 0.717) is 12.1 Å². The van der Waals surface area contributed by atoms with E-state index in [1.54, 1.807) is 12.1 Å². The SMILES string of the molecule is CC[C@@H](C(=O)N[C@@H](C)C(C)C)N(c1cc(C)cc(C)c1)S(C)(=O)=O. The van der Waals surface area contributed by atoms with Crippen LogP contribution in [0.15, 0.2) is 18.2 Å². The molecule has 0 radical (unpaired) electrons. The average Bonchev–Trinajstić information content (AvgIpc) is 2.41. The highest BCUT2D eigenvalue weighted by atomic mass is 32.2. The van der Waals surface area contributed by atoms with Gasteiger partial charge in [-0.15, -0.1) is 0 Å². The summed E-state index contributed by atoms with van der Waals surface area (Å²) >= 11 is 0. The lowest BCUT2D eigenvalue weighted by Crippen LogP contribution is -2.52. The summed E-state index contributed by atoms with van der Waals surface area (Å²) in [7, 11) is -3.59.